The summed E-state index contributed by atoms with van der Waals surface area (Å²) in [5, 5.41) is 2.58. The van der Waals surface area contributed by atoms with Crippen LogP contribution < -0.4 is 5.32 Å². The molecule has 0 unspecified atom stereocenters. The summed E-state index contributed by atoms with van der Waals surface area (Å²) in [6.45, 7) is 0.716. The van der Waals surface area contributed by atoms with E-state index in [4.69, 9.17) is 0 Å². The molecule has 2 amide bonds. The summed E-state index contributed by atoms with van der Waals surface area (Å²) in [7, 11) is -2.18. The van der Waals surface area contributed by atoms with Crippen LogP contribution in [0.3, 0.4) is 0 Å². The van der Waals surface area contributed by atoms with Gasteiger partial charge in [-0.05, 0) is 55.3 Å². The number of nitrogens with one attached hydrogen (secondary N) is 1. The maximum absolute atomic E-state index is 12.9. The molecule has 29 heavy (non-hydrogen) atoms. The van der Waals surface area contributed by atoms with Gasteiger partial charge in [0, 0.05) is 31.4 Å². The molecule has 154 valence electrons. The lowest BCUT2D eigenvalue weighted by molar-refractivity contribution is -0.116. The minimum Gasteiger partial charge on any atom is -0.332 e. The second kappa shape index (κ2) is 8.71. The number of hydrogen-bond acceptors (Lipinski definition) is 4. The van der Waals surface area contributed by atoms with Gasteiger partial charge in [-0.1, -0.05) is 6.07 Å². The van der Waals surface area contributed by atoms with Gasteiger partial charge in [0.15, 0.2) is 0 Å². The number of halogens is 1. The van der Waals surface area contributed by atoms with Gasteiger partial charge < -0.3 is 10.2 Å². The van der Waals surface area contributed by atoms with Crippen molar-refractivity contribution >= 4 is 27.5 Å². The predicted octanol–water partition coefficient (Wildman–Crippen LogP) is 2.32. The zero-order chi connectivity index (χ0) is 21.0. The second-order valence-corrected chi connectivity index (χ2v) is 8.79. The molecule has 0 radical (unpaired) electrons. The molecular weight excluding hydrogens is 397 g/mol. The molecule has 7 nitrogen and oxygen atoms in total. The highest BCUT2D eigenvalue weighted by Crippen LogP contribution is 2.22. The van der Waals surface area contributed by atoms with Crippen LogP contribution >= 0.6 is 0 Å². The largest absolute Gasteiger partial charge is 0.332 e. The molecule has 1 saturated heterocycles. The van der Waals surface area contributed by atoms with Gasteiger partial charge in [-0.25, -0.2) is 12.8 Å². The third-order valence-electron chi connectivity index (χ3n) is 4.64. The number of rotatable bonds is 6. The van der Waals surface area contributed by atoms with Crippen LogP contribution in [0.15, 0.2) is 53.4 Å². The highest BCUT2D eigenvalue weighted by molar-refractivity contribution is 7.89. The highest BCUT2D eigenvalue weighted by Gasteiger charge is 2.28. The molecule has 0 aliphatic carbocycles. The molecule has 0 saturated carbocycles. The van der Waals surface area contributed by atoms with Crippen LogP contribution in [0.5, 0.6) is 0 Å². The van der Waals surface area contributed by atoms with E-state index in [-0.39, 0.29) is 17.0 Å². The van der Waals surface area contributed by atoms with Gasteiger partial charge >= 0.3 is 0 Å². The van der Waals surface area contributed by atoms with E-state index in [0.717, 1.165) is 12.8 Å². The zero-order valence-corrected chi connectivity index (χ0v) is 16.8. The van der Waals surface area contributed by atoms with Gasteiger partial charge in [0.25, 0.3) is 5.91 Å². The molecule has 1 aliphatic heterocycles. The zero-order valence-electron chi connectivity index (χ0n) is 16.0. The lowest BCUT2D eigenvalue weighted by Gasteiger charge is -2.19. The molecule has 1 heterocycles. The average molecular weight is 419 g/mol. The highest BCUT2D eigenvalue weighted by atomic mass is 32.2. The summed E-state index contributed by atoms with van der Waals surface area (Å²) in [6, 6.07) is 11.1. The number of likely N-dealkylation sites (N-methyl/N-ethyl adjacent to an activating group) is 1. The van der Waals surface area contributed by atoms with E-state index in [1.54, 1.807) is 0 Å². The summed E-state index contributed by atoms with van der Waals surface area (Å²) in [4.78, 5) is 26.1. The Bertz CT molecular complexity index is 1000. The summed E-state index contributed by atoms with van der Waals surface area (Å²) < 4.78 is 39.7. The van der Waals surface area contributed by atoms with Crippen molar-refractivity contribution in [2.45, 2.75) is 17.7 Å². The molecule has 0 aromatic heterocycles. The van der Waals surface area contributed by atoms with Crippen LogP contribution in [-0.2, 0) is 14.8 Å². The molecule has 0 bridgehead atoms. The van der Waals surface area contributed by atoms with Crippen molar-refractivity contribution in [2.24, 2.45) is 0 Å². The minimum absolute atomic E-state index is 0.0643. The molecule has 1 N–H and O–H groups in total. The molecule has 3 rings (SSSR count). The van der Waals surface area contributed by atoms with Crippen LogP contribution in [0.4, 0.5) is 10.1 Å². The fourth-order valence-corrected chi connectivity index (χ4v) is 4.67. The quantitative estimate of drug-likeness (QED) is 0.779. The number of carbonyl (C=O) groups is 2. The SMILES string of the molecule is CN(CC(=O)Nc1ccc(F)cc1)C(=O)c1cccc(S(=O)(=O)N2CCCC2)c1. The van der Waals surface area contributed by atoms with Crippen molar-refractivity contribution in [3.63, 3.8) is 0 Å². The average Bonchev–Trinajstić information content (AvgIpc) is 3.25. The van der Waals surface area contributed by atoms with E-state index in [1.165, 1.54) is 64.8 Å². The molecule has 0 atom stereocenters. The van der Waals surface area contributed by atoms with Gasteiger partial charge in [0.1, 0.15) is 5.82 Å². The first-order valence-electron chi connectivity index (χ1n) is 9.18. The normalized spacial score (nSPS) is 14.6. The lowest BCUT2D eigenvalue weighted by Crippen LogP contribution is -2.35. The maximum Gasteiger partial charge on any atom is 0.254 e. The van der Waals surface area contributed by atoms with Gasteiger partial charge in [0.2, 0.25) is 15.9 Å². The Hall–Kier alpha value is -2.78. The Kier molecular flexibility index (Phi) is 6.29. The molecule has 2 aromatic carbocycles. The Morgan fingerprint density at radius 1 is 1.10 bits per heavy atom. The first-order valence-corrected chi connectivity index (χ1v) is 10.6. The standard InChI is InChI=1S/C20H22FN3O4S/c1-23(14-19(25)22-17-9-7-16(21)8-10-17)20(26)15-5-4-6-18(13-15)29(27,28)24-11-2-3-12-24/h4-10,13H,2-3,11-12,14H2,1H3,(H,22,25). The Morgan fingerprint density at radius 2 is 1.76 bits per heavy atom. The third-order valence-corrected chi connectivity index (χ3v) is 6.53. The first-order chi connectivity index (χ1) is 13.8. The van der Waals surface area contributed by atoms with Crippen LogP contribution in [0, 0.1) is 5.82 Å². The number of amides is 2. The number of hydrogen-bond donors (Lipinski definition) is 1. The van der Waals surface area contributed by atoms with E-state index in [1.807, 2.05) is 0 Å². The number of benzene rings is 2. The molecular formula is C20H22FN3O4S. The van der Waals surface area contributed by atoms with Crippen LogP contribution in [0.25, 0.3) is 0 Å². The van der Waals surface area contributed by atoms with Gasteiger partial charge in [-0.2, -0.15) is 4.31 Å². The fourth-order valence-electron chi connectivity index (χ4n) is 3.11. The van der Waals surface area contributed by atoms with E-state index in [0.29, 0.717) is 18.8 Å². The van der Waals surface area contributed by atoms with E-state index in [9.17, 15) is 22.4 Å². The van der Waals surface area contributed by atoms with Crippen molar-refractivity contribution in [1.82, 2.24) is 9.21 Å². The molecule has 1 aliphatic rings. The predicted molar refractivity (Wildman–Crippen MR) is 106 cm³/mol. The molecule has 2 aromatic rings. The van der Waals surface area contributed by atoms with E-state index >= 15 is 0 Å². The third kappa shape index (κ3) is 4.99. The smallest absolute Gasteiger partial charge is 0.254 e. The topological polar surface area (TPSA) is 86.8 Å². The van der Waals surface area contributed by atoms with Gasteiger partial charge in [-0.3, -0.25) is 9.59 Å². The Labute approximate surface area is 169 Å². The second-order valence-electron chi connectivity index (χ2n) is 6.86. The van der Waals surface area contributed by atoms with Crippen molar-refractivity contribution < 1.29 is 22.4 Å². The number of carbonyl (C=O) groups excluding carboxylic acids is 2. The van der Waals surface area contributed by atoms with Crippen molar-refractivity contribution in [2.75, 3.05) is 32.0 Å². The van der Waals surface area contributed by atoms with Crippen LogP contribution in [0.2, 0.25) is 0 Å². The summed E-state index contributed by atoms with van der Waals surface area (Å²) in [6.07, 6.45) is 1.65. The van der Waals surface area contributed by atoms with E-state index < -0.39 is 27.7 Å². The van der Waals surface area contributed by atoms with Crippen molar-refractivity contribution in [3.05, 3.63) is 59.9 Å². The van der Waals surface area contributed by atoms with Gasteiger partial charge in [-0.15, -0.1) is 0 Å². The minimum atomic E-state index is -3.64. The Morgan fingerprint density at radius 3 is 2.41 bits per heavy atom. The monoisotopic (exact) mass is 419 g/mol. The fraction of sp³-hybridized carbons (Fsp3) is 0.300. The summed E-state index contributed by atoms with van der Waals surface area (Å²) >= 11 is 0. The number of anilines is 1. The Balaban J connectivity index is 1.67. The summed E-state index contributed by atoms with van der Waals surface area (Å²) in [5.41, 5.74) is 0.596. The van der Waals surface area contributed by atoms with Crippen LogP contribution in [-0.4, -0.2) is 56.1 Å². The first kappa shape index (κ1) is 20.9. The van der Waals surface area contributed by atoms with E-state index in [2.05, 4.69) is 5.32 Å². The van der Waals surface area contributed by atoms with Crippen molar-refractivity contribution in [3.8, 4) is 0 Å². The molecule has 0 spiro atoms. The van der Waals surface area contributed by atoms with Crippen molar-refractivity contribution in [1.29, 1.82) is 0 Å². The summed E-state index contributed by atoms with van der Waals surface area (Å²) in [5.74, 6) is -1.34. The van der Waals surface area contributed by atoms with Gasteiger partial charge in [0.05, 0.1) is 11.4 Å². The lowest BCUT2D eigenvalue weighted by atomic mass is 10.2. The maximum atomic E-state index is 12.9. The number of nitrogens with zero attached hydrogens (tertiary/aromatic N) is 2. The molecule has 1 fully saturated rings. The number of sulfonamides is 1. The molecule has 9 heteroatoms. The van der Waals surface area contributed by atoms with Crippen LogP contribution in [0.1, 0.15) is 23.2 Å².